The van der Waals surface area contributed by atoms with Gasteiger partial charge in [-0.15, -0.1) is 0 Å². The largest absolute Gasteiger partial charge is 0.497 e. The van der Waals surface area contributed by atoms with E-state index >= 15 is 0 Å². The second-order valence-corrected chi connectivity index (χ2v) is 5.25. The van der Waals surface area contributed by atoms with Crippen molar-refractivity contribution in [3.63, 3.8) is 0 Å². The molecule has 2 aromatic rings. The lowest BCUT2D eigenvalue weighted by Gasteiger charge is -2.15. The van der Waals surface area contributed by atoms with Gasteiger partial charge in [0, 0.05) is 11.6 Å². The van der Waals surface area contributed by atoms with E-state index in [2.05, 4.69) is 5.32 Å². The fourth-order valence-corrected chi connectivity index (χ4v) is 2.39. The van der Waals surface area contributed by atoms with Crippen molar-refractivity contribution in [2.45, 2.75) is 0 Å². The molecule has 0 saturated carbocycles. The first kappa shape index (κ1) is 14.9. The van der Waals surface area contributed by atoms with Gasteiger partial charge in [0.25, 0.3) is 0 Å². The quantitative estimate of drug-likeness (QED) is 0.818. The van der Waals surface area contributed by atoms with E-state index < -0.39 is 0 Å². The van der Waals surface area contributed by atoms with Gasteiger partial charge < -0.3 is 15.8 Å². The van der Waals surface area contributed by atoms with E-state index in [4.69, 9.17) is 45.9 Å². The van der Waals surface area contributed by atoms with Crippen molar-refractivity contribution in [2.24, 2.45) is 5.73 Å². The topological polar surface area (TPSA) is 47.3 Å². The molecule has 0 aromatic heterocycles. The Morgan fingerprint density at radius 1 is 1.20 bits per heavy atom. The van der Waals surface area contributed by atoms with Crippen LogP contribution in [0.5, 0.6) is 5.75 Å². The number of para-hydroxylation sites is 1. The molecular formula is C14H12Cl2N2OS. The minimum atomic E-state index is 0.276. The van der Waals surface area contributed by atoms with Crippen molar-refractivity contribution in [1.82, 2.24) is 0 Å². The molecule has 0 aliphatic heterocycles. The van der Waals surface area contributed by atoms with Crippen molar-refractivity contribution in [1.29, 1.82) is 0 Å². The molecule has 3 nitrogen and oxygen atoms in total. The molecule has 0 bridgehead atoms. The number of ether oxygens (including phenoxy) is 1. The maximum atomic E-state index is 6.14. The van der Waals surface area contributed by atoms with Crippen LogP contribution in [0.25, 0.3) is 0 Å². The Morgan fingerprint density at radius 3 is 2.40 bits per heavy atom. The van der Waals surface area contributed by atoms with Crippen molar-refractivity contribution < 1.29 is 4.74 Å². The average molecular weight is 327 g/mol. The molecule has 0 aliphatic rings. The first-order chi connectivity index (χ1) is 9.52. The molecule has 0 amide bonds. The predicted molar refractivity (Wildman–Crippen MR) is 88.6 cm³/mol. The Hall–Kier alpha value is -1.49. The van der Waals surface area contributed by atoms with Gasteiger partial charge in [-0.3, -0.25) is 0 Å². The Balaban J connectivity index is 2.49. The number of hydrogen-bond donors (Lipinski definition) is 2. The molecule has 0 aliphatic carbocycles. The highest BCUT2D eigenvalue weighted by Gasteiger charge is 2.11. The molecule has 3 N–H and O–H groups in total. The van der Waals surface area contributed by atoms with Crippen LogP contribution in [0.4, 0.5) is 11.4 Å². The number of methoxy groups -OCH3 is 1. The van der Waals surface area contributed by atoms with Crippen molar-refractivity contribution in [2.75, 3.05) is 12.4 Å². The van der Waals surface area contributed by atoms with E-state index in [0.29, 0.717) is 32.7 Å². The van der Waals surface area contributed by atoms with Crippen LogP contribution in [0.15, 0.2) is 36.4 Å². The Bertz CT molecular complexity index is 641. The number of rotatable bonds is 4. The first-order valence-electron chi connectivity index (χ1n) is 5.72. The number of anilines is 2. The SMILES string of the molecule is COc1ccc(C(N)=S)c(Nc2c(Cl)cccc2Cl)c1. The summed E-state index contributed by atoms with van der Waals surface area (Å²) in [6, 6.07) is 10.6. The number of nitrogens with one attached hydrogen (secondary N) is 1. The molecule has 0 unspecified atom stereocenters. The highest BCUT2D eigenvalue weighted by atomic mass is 35.5. The number of halogens is 2. The van der Waals surface area contributed by atoms with Gasteiger partial charge in [-0.1, -0.05) is 41.5 Å². The Labute approximate surface area is 132 Å². The lowest BCUT2D eigenvalue weighted by molar-refractivity contribution is 0.415. The molecule has 0 heterocycles. The first-order valence-corrected chi connectivity index (χ1v) is 6.88. The molecule has 0 radical (unpaired) electrons. The standard InChI is InChI=1S/C14H12Cl2N2OS/c1-19-8-5-6-9(14(17)20)12(7-8)18-13-10(15)3-2-4-11(13)16/h2-7,18H,1H3,(H2,17,20). The summed E-state index contributed by atoms with van der Waals surface area (Å²) in [5, 5.41) is 4.17. The summed E-state index contributed by atoms with van der Waals surface area (Å²) >= 11 is 17.3. The molecule has 0 atom stereocenters. The smallest absolute Gasteiger partial charge is 0.120 e. The molecule has 2 rings (SSSR count). The Kier molecular flexibility index (Phi) is 4.70. The zero-order valence-corrected chi connectivity index (χ0v) is 12.9. The van der Waals surface area contributed by atoms with E-state index in [-0.39, 0.29) is 4.99 Å². The second-order valence-electron chi connectivity index (χ2n) is 4.00. The molecule has 0 fully saturated rings. The van der Waals surface area contributed by atoms with Gasteiger partial charge in [0.2, 0.25) is 0 Å². The van der Waals surface area contributed by atoms with Crippen LogP contribution in [0, 0.1) is 0 Å². The summed E-state index contributed by atoms with van der Waals surface area (Å²) in [5.41, 5.74) is 7.70. The van der Waals surface area contributed by atoms with Crippen LogP contribution in [0.1, 0.15) is 5.56 Å². The number of benzene rings is 2. The van der Waals surface area contributed by atoms with Crippen molar-refractivity contribution >= 4 is 51.8 Å². The minimum Gasteiger partial charge on any atom is -0.497 e. The summed E-state index contributed by atoms with van der Waals surface area (Å²) in [7, 11) is 1.59. The van der Waals surface area contributed by atoms with E-state index in [1.54, 1.807) is 43.5 Å². The monoisotopic (exact) mass is 326 g/mol. The predicted octanol–water partition coefficient (Wildman–Crippen LogP) is 4.38. The molecule has 2 aromatic carbocycles. The number of thiocarbonyl (C=S) groups is 1. The summed E-state index contributed by atoms with van der Waals surface area (Å²) in [4.78, 5) is 0.276. The van der Waals surface area contributed by atoms with Crippen LogP contribution in [-0.4, -0.2) is 12.1 Å². The van der Waals surface area contributed by atoms with Crippen molar-refractivity contribution in [3.8, 4) is 5.75 Å². The summed E-state index contributed by atoms with van der Waals surface area (Å²) in [6.07, 6.45) is 0. The van der Waals surface area contributed by atoms with E-state index in [1.807, 2.05) is 0 Å². The van der Waals surface area contributed by atoms with Crippen LogP contribution in [-0.2, 0) is 0 Å². The van der Waals surface area contributed by atoms with Crippen LogP contribution in [0.2, 0.25) is 10.0 Å². The van der Waals surface area contributed by atoms with Gasteiger partial charge in [-0.25, -0.2) is 0 Å². The third kappa shape index (κ3) is 3.15. The lowest BCUT2D eigenvalue weighted by Crippen LogP contribution is -2.12. The molecular weight excluding hydrogens is 315 g/mol. The molecule has 6 heteroatoms. The zero-order valence-electron chi connectivity index (χ0n) is 10.6. The molecule has 104 valence electrons. The number of nitrogens with two attached hydrogens (primary N) is 1. The molecule has 20 heavy (non-hydrogen) atoms. The van der Waals surface area contributed by atoms with E-state index in [0.717, 1.165) is 0 Å². The maximum absolute atomic E-state index is 6.14. The van der Waals surface area contributed by atoms with Gasteiger partial charge >= 0.3 is 0 Å². The van der Waals surface area contributed by atoms with Gasteiger partial charge in [0.05, 0.1) is 28.5 Å². The normalized spacial score (nSPS) is 10.2. The Morgan fingerprint density at radius 2 is 1.85 bits per heavy atom. The zero-order chi connectivity index (χ0) is 14.7. The second kappa shape index (κ2) is 6.31. The average Bonchev–Trinajstić information content (AvgIpc) is 2.42. The fourth-order valence-electron chi connectivity index (χ4n) is 1.72. The highest BCUT2D eigenvalue weighted by Crippen LogP contribution is 2.34. The van der Waals surface area contributed by atoms with E-state index in [1.165, 1.54) is 0 Å². The molecule has 0 spiro atoms. The summed E-state index contributed by atoms with van der Waals surface area (Å²) < 4.78 is 5.20. The lowest BCUT2D eigenvalue weighted by atomic mass is 10.1. The summed E-state index contributed by atoms with van der Waals surface area (Å²) in [5.74, 6) is 0.677. The van der Waals surface area contributed by atoms with Crippen LogP contribution < -0.4 is 15.8 Å². The summed E-state index contributed by atoms with van der Waals surface area (Å²) in [6.45, 7) is 0. The highest BCUT2D eigenvalue weighted by molar-refractivity contribution is 7.80. The van der Waals surface area contributed by atoms with Gasteiger partial charge in [-0.2, -0.15) is 0 Å². The van der Waals surface area contributed by atoms with Crippen LogP contribution in [0.3, 0.4) is 0 Å². The van der Waals surface area contributed by atoms with E-state index in [9.17, 15) is 0 Å². The van der Waals surface area contributed by atoms with Crippen LogP contribution >= 0.6 is 35.4 Å². The third-order valence-electron chi connectivity index (χ3n) is 2.71. The van der Waals surface area contributed by atoms with Gasteiger partial charge in [0.1, 0.15) is 10.7 Å². The molecule has 0 saturated heterocycles. The fraction of sp³-hybridized carbons (Fsp3) is 0.0714. The number of hydrogen-bond acceptors (Lipinski definition) is 3. The third-order valence-corrected chi connectivity index (χ3v) is 3.56. The van der Waals surface area contributed by atoms with Gasteiger partial charge in [-0.05, 0) is 24.3 Å². The minimum absolute atomic E-state index is 0.276. The maximum Gasteiger partial charge on any atom is 0.120 e. The van der Waals surface area contributed by atoms with Gasteiger partial charge in [0.15, 0.2) is 0 Å². The van der Waals surface area contributed by atoms with Crippen molar-refractivity contribution in [3.05, 3.63) is 52.0 Å².